The monoisotopic (exact) mass is 1470 g/mol. The molecule has 0 saturated carbocycles. The fourth-order valence-corrected chi connectivity index (χ4v) is 14.0. The molecule has 3 aromatic heterocycles. The third kappa shape index (κ3) is 22.0. The summed E-state index contributed by atoms with van der Waals surface area (Å²) in [4.78, 5) is 1.44. The van der Waals surface area contributed by atoms with E-state index in [4.69, 9.17) is 24.3 Å². The first-order chi connectivity index (χ1) is 47.5. The van der Waals surface area contributed by atoms with Crippen molar-refractivity contribution in [3.8, 4) is 89.8 Å². The van der Waals surface area contributed by atoms with Crippen LogP contribution in [0.15, 0.2) is 287 Å². The van der Waals surface area contributed by atoms with Crippen LogP contribution in [-0.4, -0.2) is 43.6 Å². The number of ether oxygens (including phenoxy) is 3. The molecular weight excluding hydrogens is 1380 g/mol. The van der Waals surface area contributed by atoms with Gasteiger partial charge in [0.2, 0.25) is 0 Å². The van der Waals surface area contributed by atoms with E-state index in [-0.39, 0.29) is 0 Å². The summed E-state index contributed by atoms with van der Waals surface area (Å²) in [7, 11) is 3.58. The lowest BCUT2D eigenvalue weighted by atomic mass is 9.80. The van der Waals surface area contributed by atoms with Crippen molar-refractivity contribution in [2.24, 2.45) is 0 Å². The largest absolute Gasteiger partial charge is 0.508 e. The van der Waals surface area contributed by atoms with E-state index in [1.165, 1.54) is 84.1 Å². The molecule has 11 aromatic carbocycles. The van der Waals surface area contributed by atoms with Gasteiger partial charge in [-0.2, -0.15) is 0 Å². The number of thiophene rings is 3. The Balaban J connectivity index is 0.000000191. The van der Waals surface area contributed by atoms with Gasteiger partial charge in [0, 0.05) is 60.6 Å². The Labute approximate surface area is 604 Å². The number of aryl methyl sites for hydroxylation is 1. The number of phenolic OH excluding ortho intramolecular Hbond substituents is 1. The van der Waals surface area contributed by atoms with Gasteiger partial charge in [0.1, 0.15) is 23.0 Å². The highest BCUT2D eigenvalue weighted by molar-refractivity contribution is 9.11. The summed E-state index contributed by atoms with van der Waals surface area (Å²) < 4.78 is 21.8. The van der Waals surface area contributed by atoms with Crippen molar-refractivity contribution < 1.29 is 29.4 Å². The molecule has 14 aromatic rings. The number of fused-ring (bicyclic) bond motifs is 3. The first-order valence-electron chi connectivity index (χ1n) is 32.7. The molecule has 3 heterocycles. The molecule has 0 spiro atoms. The molecule has 0 atom stereocenters. The second-order valence-electron chi connectivity index (χ2n) is 20.4. The molecule has 0 radical (unpaired) electrons. The van der Waals surface area contributed by atoms with Gasteiger partial charge in [0.15, 0.2) is 0 Å². The van der Waals surface area contributed by atoms with Crippen LogP contribution in [0.4, 0.5) is 0 Å². The summed E-state index contributed by atoms with van der Waals surface area (Å²) in [6.45, 7) is 18.2. The van der Waals surface area contributed by atoms with Crippen LogP contribution in [0.5, 0.6) is 23.0 Å². The number of phenols is 1. The first-order valence-corrected chi connectivity index (χ1v) is 36.9. The molecule has 0 aliphatic carbocycles. The van der Waals surface area contributed by atoms with E-state index in [9.17, 15) is 5.11 Å². The Hall–Kier alpha value is -8.56. The Morgan fingerprint density at radius 2 is 0.670 bits per heavy atom. The highest BCUT2D eigenvalue weighted by Crippen LogP contribution is 2.40. The maximum atomic E-state index is 9.43. The Morgan fingerprint density at radius 1 is 0.351 bits per heavy atom. The van der Waals surface area contributed by atoms with Crippen LogP contribution >= 0.6 is 65.9 Å². The Bertz CT molecular complexity index is 4490. The van der Waals surface area contributed by atoms with Crippen molar-refractivity contribution in [3.63, 3.8) is 0 Å². The minimum atomic E-state index is -1.42. The fourth-order valence-electron chi connectivity index (χ4n) is 9.97. The smallest absolute Gasteiger partial charge is 0.488 e. The van der Waals surface area contributed by atoms with Crippen LogP contribution in [0.25, 0.3) is 97.0 Å². The normalized spacial score (nSPS) is 9.94. The van der Waals surface area contributed by atoms with Crippen LogP contribution in [0.3, 0.4) is 0 Å². The van der Waals surface area contributed by atoms with Gasteiger partial charge in [-0.1, -0.05) is 266 Å². The second-order valence-corrected chi connectivity index (χ2v) is 25.1. The lowest BCUT2D eigenvalue weighted by Gasteiger charge is -2.07. The van der Waals surface area contributed by atoms with E-state index < -0.39 is 7.12 Å². The average molecular weight is 1470 g/mol. The molecular formula is C85H87BBr2O6S3. The Morgan fingerprint density at radius 3 is 1.07 bits per heavy atom. The van der Waals surface area contributed by atoms with Gasteiger partial charge >= 0.3 is 7.12 Å². The van der Waals surface area contributed by atoms with E-state index in [2.05, 4.69) is 207 Å². The van der Waals surface area contributed by atoms with Gasteiger partial charge in [-0.05, 0) is 168 Å². The van der Waals surface area contributed by atoms with Crippen LogP contribution in [0.2, 0.25) is 0 Å². The maximum Gasteiger partial charge on any atom is 0.488 e. The Kier molecular flexibility index (Phi) is 33.2. The number of rotatable bonds is 11. The molecule has 498 valence electrons. The molecule has 0 amide bonds. The second kappa shape index (κ2) is 41.5. The van der Waals surface area contributed by atoms with E-state index in [0.717, 1.165) is 50.4 Å². The van der Waals surface area contributed by atoms with Crippen LogP contribution < -0.4 is 19.7 Å². The van der Waals surface area contributed by atoms with Crippen LogP contribution in [0.1, 0.15) is 67.2 Å². The van der Waals surface area contributed by atoms with E-state index >= 15 is 0 Å². The molecule has 6 nitrogen and oxygen atoms in total. The lowest BCUT2D eigenvalue weighted by Crippen LogP contribution is -2.29. The van der Waals surface area contributed by atoms with Crippen LogP contribution in [-0.2, 0) is 6.42 Å². The molecule has 0 fully saturated rings. The van der Waals surface area contributed by atoms with Crippen molar-refractivity contribution in [2.75, 3.05) is 21.3 Å². The number of benzene rings is 11. The van der Waals surface area contributed by atoms with Crippen molar-refractivity contribution in [1.29, 1.82) is 0 Å². The summed E-state index contributed by atoms with van der Waals surface area (Å²) in [5.41, 5.74) is 14.9. The van der Waals surface area contributed by atoms with E-state index in [0.29, 0.717) is 11.2 Å². The number of aromatic hydroxyl groups is 1. The molecule has 0 saturated heterocycles. The quantitative estimate of drug-likeness (QED) is 0.112. The highest BCUT2D eigenvalue weighted by Gasteiger charge is 2.14. The van der Waals surface area contributed by atoms with Gasteiger partial charge < -0.3 is 29.4 Å². The number of halogens is 2. The zero-order valence-corrected chi connectivity index (χ0v) is 63.0. The molecule has 0 aliphatic rings. The molecule has 0 aliphatic heterocycles. The van der Waals surface area contributed by atoms with Gasteiger partial charge in [-0.25, -0.2) is 0 Å². The fraction of sp³-hybridized carbons (Fsp3) is 0.153. The average Bonchev–Trinajstić information content (AvgIpc) is 1.64. The zero-order chi connectivity index (χ0) is 70.1. The summed E-state index contributed by atoms with van der Waals surface area (Å²) in [6, 6.07) is 89.7. The molecule has 14 rings (SSSR count). The van der Waals surface area contributed by atoms with Crippen molar-refractivity contribution in [1.82, 2.24) is 0 Å². The maximum absolute atomic E-state index is 9.43. The third-order valence-electron chi connectivity index (χ3n) is 14.8. The number of hydrogen-bond acceptors (Lipinski definition) is 9. The first kappa shape index (κ1) is 77.5. The zero-order valence-electron chi connectivity index (χ0n) is 57.4. The van der Waals surface area contributed by atoms with E-state index in [1.807, 2.05) is 152 Å². The van der Waals surface area contributed by atoms with Gasteiger partial charge in [-0.3, -0.25) is 0 Å². The minimum absolute atomic E-state index is 0.299. The van der Waals surface area contributed by atoms with Gasteiger partial charge in [-0.15, -0.1) is 34.0 Å². The minimum Gasteiger partial charge on any atom is -0.508 e. The van der Waals surface area contributed by atoms with Crippen molar-refractivity contribution in [2.45, 2.75) is 68.7 Å². The topological polar surface area (TPSA) is 88.4 Å². The lowest BCUT2D eigenvalue weighted by molar-refractivity contribution is 0.415. The predicted molar refractivity (Wildman–Crippen MR) is 432 cm³/mol. The molecule has 3 N–H and O–H groups in total. The summed E-state index contributed by atoms with van der Waals surface area (Å²) in [6.07, 6.45) is 1.05. The number of methoxy groups -OCH3 is 3. The number of hydrogen-bond donors (Lipinski definition) is 3. The molecule has 97 heavy (non-hydrogen) atoms. The molecule has 0 unspecified atom stereocenters. The predicted octanol–water partition coefficient (Wildman–Crippen LogP) is 25.7. The summed E-state index contributed by atoms with van der Waals surface area (Å²) in [5.74, 6) is 2.88. The highest BCUT2D eigenvalue weighted by atomic mass is 79.9. The van der Waals surface area contributed by atoms with E-state index in [1.54, 1.807) is 68.3 Å². The van der Waals surface area contributed by atoms with Crippen molar-refractivity contribution in [3.05, 3.63) is 292 Å². The standard InChI is InChI=1S/C22H18OS.C21H16OS.C13H13BO3.C13H11BrO.C8H5BrS.4C2H6/c1-2-20-22(19-5-3-4-6-21(19)24-20)17-9-7-15(8-10-17)16-11-13-18(23)14-12-16;1-22-18-12-10-16(11-13-18)15-6-8-17(9-7-15)20-14-23-21-5-3-2-4-19(20)21;1-17-13-8-4-11(5-9-13)10-2-6-12(7-3-10)14(15)16;1-15-13-8-4-11(5-9-13)10-2-6-12(14)7-3-10;9-7-5-10-8-4-2-1-3-6(7)8;4*1-2/h3-14,23H,2H2,1H3;2-14H,1H3;2-9,15-16H,1H3;2-9H,1H3;1-5H;4*1-2H3. The summed E-state index contributed by atoms with van der Waals surface area (Å²) in [5, 5.41) is 35.8. The van der Waals surface area contributed by atoms with Gasteiger partial charge in [0.25, 0.3) is 0 Å². The molecule has 12 heteroatoms. The SMILES string of the molecule is Brc1csc2ccccc12.CC.CC.CC.CC.CCc1sc2ccccc2c1-c1ccc(-c2ccc(O)cc2)cc1.COc1ccc(-c2ccc(-c3csc4ccccc34)cc2)cc1.COc1ccc(-c2ccc(B(O)O)cc2)cc1.COc1ccc(-c2ccc(Br)cc2)cc1. The molecule has 0 bridgehead atoms. The van der Waals surface area contributed by atoms with Gasteiger partial charge in [0.05, 0.1) is 21.3 Å². The van der Waals surface area contributed by atoms with Crippen molar-refractivity contribution >= 4 is 109 Å². The summed E-state index contributed by atoms with van der Waals surface area (Å²) >= 11 is 12.4. The van der Waals surface area contributed by atoms with Crippen LogP contribution in [0, 0.1) is 0 Å². The third-order valence-corrected chi connectivity index (χ3v) is 19.5.